The lowest BCUT2D eigenvalue weighted by Gasteiger charge is -2.22. The standard InChI is InChI=1S/C12H15N3O2S/c1-12(2,10(14)18)11(17)15-8-5-3-4-7(6-8)9(13)16/h3-6H,1-2H3,(H2,13,16)(H2,14,18)(H,15,17). The number of anilines is 1. The average Bonchev–Trinajstić information content (AvgIpc) is 2.28. The summed E-state index contributed by atoms with van der Waals surface area (Å²) >= 11 is 4.83. The summed E-state index contributed by atoms with van der Waals surface area (Å²) in [6.45, 7) is 3.26. The minimum absolute atomic E-state index is 0.103. The van der Waals surface area contributed by atoms with Gasteiger partial charge in [0.2, 0.25) is 11.8 Å². The minimum Gasteiger partial charge on any atom is -0.392 e. The van der Waals surface area contributed by atoms with Gasteiger partial charge in [-0.25, -0.2) is 0 Å². The topological polar surface area (TPSA) is 98.2 Å². The van der Waals surface area contributed by atoms with Crippen LogP contribution in [0.2, 0.25) is 0 Å². The Labute approximate surface area is 111 Å². The van der Waals surface area contributed by atoms with Crippen LogP contribution in [-0.4, -0.2) is 16.8 Å². The van der Waals surface area contributed by atoms with Crippen molar-refractivity contribution >= 4 is 34.7 Å². The molecule has 0 aliphatic rings. The average molecular weight is 265 g/mol. The van der Waals surface area contributed by atoms with Crippen molar-refractivity contribution in [3.8, 4) is 0 Å². The number of hydrogen-bond acceptors (Lipinski definition) is 3. The van der Waals surface area contributed by atoms with Gasteiger partial charge in [-0.05, 0) is 32.0 Å². The first-order valence-electron chi connectivity index (χ1n) is 5.26. The molecule has 1 rings (SSSR count). The van der Waals surface area contributed by atoms with Crippen LogP contribution in [0, 0.1) is 5.41 Å². The van der Waals surface area contributed by atoms with E-state index in [0.717, 1.165) is 0 Å². The Kier molecular flexibility index (Phi) is 4.03. The summed E-state index contributed by atoms with van der Waals surface area (Å²) in [4.78, 5) is 23.1. The second kappa shape index (κ2) is 5.14. The second-order valence-electron chi connectivity index (χ2n) is 4.39. The van der Waals surface area contributed by atoms with Crippen LogP contribution in [0.25, 0.3) is 0 Å². The van der Waals surface area contributed by atoms with E-state index < -0.39 is 11.3 Å². The second-order valence-corrected chi connectivity index (χ2v) is 4.83. The molecule has 0 unspecified atom stereocenters. The molecule has 0 saturated carbocycles. The molecule has 0 bridgehead atoms. The summed E-state index contributed by atoms with van der Waals surface area (Å²) in [6, 6.07) is 6.34. The van der Waals surface area contributed by atoms with E-state index in [1.165, 1.54) is 6.07 Å². The molecule has 1 aromatic rings. The Bertz CT molecular complexity index is 512. The first-order chi connectivity index (χ1) is 8.25. The van der Waals surface area contributed by atoms with Crippen molar-refractivity contribution in [2.75, 3.05) is 5.32 Å². The Morgan fingerprint density at radius 2 is 1.89 bits per heavy atom. The molecule has 0 aliphatic carbocycles. The Morgan fingerprint density at radius 1 is 1.28 bits per heavy atom. The summed E-state index contributed by atoms with van der Waals surface area (Å²) < 4.78 is 0. The molecular formula is C12H15N3O2S. The van der Waals surface area contributed by atoms with Gasteiger partial charge in [0.05, 0.1) is 10.4 Å². The highest BCUT2D eigenvalue weighted by atomic mass is 32.1. The maximum Gasteiger partial charge on any atom is 0.248 e. The maximum absolute atomic E-state index is 12.0. The molecule has 5 N–H and O–H groups in total. The third-order valence-electron chi connectivity index (χ3n) is 2.59. The van der Waals surface area contributed by atoms with Gasteiger partial charge in [-0.15, -0.1) is 0 Å². The first-order valence-corrected chi connectivity index (χ1v) is 5.67. The van der Waals surface area contributed by atoms with Gasteiger partial charge in [-0.1, -0.05) is 18.3 Å². The van der Waals surface area contributed by atoms with Crippen LogP contribution in [-0.2, 0) is 4.79 Å². The van der Waals surface area contributed by atoms with Crippen molar-refractivity contribution in [1.29, 1.82) is 0 Å². The quantitative estimate of drug-likeness (QED) is 0.708. The van der Waals surface area contributed by atoms with Crippen LogP contribution in [0.5, 0.6) is 0 Å². The number of carbonyl (C=O) groups is 2. The monoisotopic (exact) mass is 265 g/mol. The molecule has 0 radical (unpaired) electrons. The molecule has 0 fully saturated rings. The van der Waals surface area contributed by atoms with E-state index in [-0.39, 0.29) is 10.9 Å². The maximum atomic E-state index is 12.0. The lowest BCUT2D eigenvalue weighted by Crippen LogP contribution is -2.41. The van der Waals surface area contributed by atoms with Crippen LogP contribution >= 0.6 is 12.2 Å². The van der Waals surface area contributed by atoms with Crippen molar-refractivity contribution < 1.29 is 9.59 Å². The number of hydrogen-bond donors (Lipinski definition) is 3. The van der Waals surface area contributed by atoms with Crippen LogP contribution < -0.4 is 16.8 Å². The van der Waals surface area contributed by atoms with Crippen molar-refractivity contribution in [3.63, 3.8) is 0 Å². The molecule has 0 aromatic heterocycles. The zero-order valence-corrected chi connectivity index (χ0v) is 11.0. The molecule has 1 aromatic carbocycles. The molecule has 18 heavy (non-hydrogen) atoms. The Hall–Kier alpha value is -1.95. The molecule has 5 nitrogen and oxygen atoms in total. The summed E-state index contributed by atoms with van der Waals surface area (Å²) in [5.41, 5.74) is 10.5. The van der Waals surface area contributed by atoms with Crippen molar-refractivity contribution in [2.24, 2.45) is 16.9 Å². The fourth-order valence-corrected chi connectivity index (χ4v) is 1.24. The number of nitrogens with two attached hydrogens (primary N) is 2. The number of benzene rings is 1. The Balaban J connectivity index is 2.92. The van der Waals surface area contributed by atoms with Crippen molar-refractivity contribution in [3.05, 3.63) is 29.8 Å². The zero-order valence-electron chi connectivity index (χ0n) is 10.2. The number of amides is 2. The van der Waals surface area contributed by atoms with E-state index >= 15 is 0 Å². The van der Waals surface area contributed by atoms with Crippen molar-refractivity contribution in [2.45, 2.75) is 13.8 Å². The highest BCUT2D eigenvalue weighted by Gasteiger charge is 2.30. The molecule has 2 amide bonds. The van der Waals surface area contributed by atoms with Crippen LogP contribution in [0.3, 0.4) is 0 Å². The van der Waals surface area contributed by atoms with Crippen LogP contribution in [0.1, 0.15) is 24.2 Å². The van der Waals surface area contributed by atoms with E-state index in [1.807, 2.05) is 0 Å². The normalized spacial score (nSPS) is 10.8. The summed E-state index contributed by atoms with van der Waals surface area (Å²) in [5, 5.41) is 2.64. The van der Waals surface area contributed by atoms with Gasteiger partial charge in [0.15, 0.2) is 0 Å². The molecule has 6 heteroatoms. The van der Waals surface area contributed by atoms with Gasteiger partial charge < -0.3 is 16.8 Å². The zero-order chi connectivity index (χ0) is 13.9. The summed E-state index contributed by atoms with van der Waals surface area (Å²) in [7, 11) is 0. The van der Waals surface area contributed by atoms with E-state index in [9.17, 15) is 9.59 Å². The highest BCUT2D eigenvalue weighted by molar-refractivity contribution is 7.80. The first kappa shape index (κ1) is 14.1. The molecule has 0 aliphatic heterocycles. The van der Waals surface area contributed by atoms with Gasteiger partial charge in [-0.3, -0.25) is 9.59 Å². The summed E-state index contributed by atoms with van der Waals surface area (Å²) in [5.74, 6) is -0.892. The number of carbonyl (C=O) groups excluding carboxylic acids is 2. The molecular weight excluding hydrogens is 250 g/mol. The minimum atomic E-state index is -0.960. The Morgan fingerprint density at radius 3 is 2.39 bits per heavy atom. The fraction of sp³-hybridized carbons (Fsp3) is 0.250. The lowest BCUT2D eigenvalue weighted by molar-refractivity contribution is -0.121. The SMILES string of the molecule is CC(C)(C(=O)Nc1cccc(C(N)=O)c1)C(N)=S. The largest absolute Gasteiger partial charge is 0.392 e. The van der Waals surface area contributed by atoms with Crippen LogP contribution in [0.15, 0.2) is 24.3 Å². The number of nitrogens with one attached hydrogen (secondary N) is 1. The third-order valence-corrected chi connectivity index (χ3v) is 3.10. The van der Waals surface area contributed by atoms with Gasteiger partial charge in [-0.2, -0.15) is 0 Å². The third kappa shape index (κ3) is 3.04. The van der Waals surface area contributed by atoms with E-state index in [4.69, 9.17) is 23.7 Å². The number of primary amides is 1. The summed E-state index contributed by atoms with van der Waals surface area (Å²) in [6.07, 6.45) is 0. The lowest BCUT2D eigenvalue weighted by atomic mass is 9.92. The fourth-order valence-electron chi connectivity index (χ4n) is 1.15. The number of rotatable bonds is 4. The molecule has 0 heterocycles. The molecule has 0 atom stereocenters. The van der Waals surface area contributed by atoms with E-state index in [2.05, 4.69) is 5.32 Å². The van der Waals surface area contributed by atoms with Gasteiger partial charge in [0.1, 0.15) is 0 Å². The van der Waals surface area contributed by atoms with Gasteiger partial charge in [0.25, 0.3) is 0 Å². The van der Waals surface area contributed by atoms with E-state index in [1.54, 1.807) is 32.0 Å². The van der Waals surface area contributed by atoms with Gasteiger partial charge >= 0.3 is 0 Å². The van der Waals surface area contributed by atoms with E-state index in [0.29, 0.717) is 11.3 Å². The predicted octanol–water partition coefficient (Wildman–Crippen LogP) is 1.04. The predicted molar refractivity (Wildman–Crippen MR) is 74.2 cm³/mol. The van der Waals surface area contributed by atoms with Crippen molar-refractivity contribution in [1.82, 2.24) is 0 Å². The molecule has 0 spiro atoms. The number of thiocarbonyl (C=S) groups is 1. The van der Waals surface area contributed by atoms with Crippen LogP contribution in [0.4, 0.5) is 5.69 Å². The van der Waals surface area contributed by atoms with Gasteiger partial charge in [0, 0.05) is 11.3 Å². The molecule has 96 valence electrons. The molecule has 0 saturated heterocycles. The highest BCUT2D eigenvalue weighted by Crippen LogP contribution is 2.19. The smallest absolute Gasteiger partial charge is 0.248 e.